The highest BCUT2D eigenvalue weighted by molar-refractivity contribution is 7.89. The molecule has 0 fully saturated rings. The van der Waals surface area contributed by atoms with E-state index in [9.17, 15) is 13.2 Å². The Kier molecular flexibility index (Phi) is 5.28. The third kappa shape index (κ3) is 4.51. The summed E-state index contributed by atoms with van der Waals surface area (Å²) in [6.45, 7) is 0.238. The first-order chi connectivity index (χ1) is 8.86. The first kappa shape index (κ1) is 15.4. The lowest BCUT2D eigenvalue weighted by molar-refractivity contribution is -0.138. The molecule has 106 valence electrons. The van der Waals surface area contributed by atoms with Gasteiger partial charge in [0, 0.05) is 20.1 Å². The molecule has 0 bridgehead atoms. The standard InChI is InChI=1S/C11H16N2O5S/c1-18-7-6-9(11(14)15)13-8-4-2-3-5-10(8)19(12,16)17/h2-5,9,13H,6-7H2,1H3,(H,14,15)(H2,12,16,17). The Labute approximate surface area is 111 Å². The quantitative estimate of drug-likeness (QED) is 0.661. The molecule has 0 aliphatic heterocycles. The number of aliphatic carboxylic acids is 1. The van der Waals surface area contributed by atoms with Gasteiger partial charge in [0.1, 0.15) is 10.9 Å². The van der Waals surface area contributed by atoms with Gasteiger partial charge in [-0.2, -0.15) is 0 Å². The maximum atomic E-state index is 11.4. The van der Waals surface area contributed by atoms with Gasteiger partial charge in [-0.25, -0.2) is 18.4 Å². The molecule has 1 aromatic rings. The number of hydrogen-bond acceptors (Lipinski definition) is 5. The van der Waals surface area contributed by atoms with Crippen LogP contribution in [0.2, 0.25) is 0 Å². The SMILES string of the molecule is COCCC(Nc1ccccc1S(N)(=O)=O)C(=O)O. The van der Waals surface area contributed by atoms with E-state index < -0.39 is 22.0 Å². The number of para-hydroxylation sites is 1. The molecule has 1 rings (SSSR count). The number of carboxylic acids is 1. The van der Waals surface area contributed by atoms with Gasteiger partial charge < -0.3 is 15.2 Å². The van der Waals surface area contributed by atoms with E-state index in [1.807, 2.05) is 0 Å². The fourth-order valence-corrected chi connectivity index (χ4v) is 2.22. The molecule has 0 aliphatic rings. The van der Waals surface area contributed by atoms with Crippen molar-refractivity contribution in [2.24, 2.45) is 5.14 Å². The maximum absolute atomic E-state index is 11.4. The molecule has 1 unspecified atom stereocenters. The van der Waals surface area contributed by atoms with Crippen molar-refractivity contribution in [1.29, 1.82) is 0 Å². The molecule has 19 heavy (non-hydrogen) atoms. The van der Waals surface area contributed by atoms with Gasteiger partial charge in [-0.05, 0) is 12.1 Å². The van der Waals surface area contributed by atoms with Crippen LogP contribution in [-0.2, 0) is 19.6 Å². The number of nitrogens with two attached hydrogens (primary N) is 1. The van der Waals surface area contributed by atoms with Crippen LogP contribution < -0.4 is 10.5 Å². The summed E-state index contributed by atoms with van der Waals surface area (Å²) in [6, 6.07) is 4.92. The first-order valence-electron chi connectivity index (χ1n) is 5.46. The topological polar surface area (TPSA) is 119 Å². The van der Waals surface area contributed by atoms with Crippen molar-refractivity contribution >= 4 is 21.7 Å². The van der Waals surface area contributed by atoms with Gasteiger partial charge in [-0.1, -0.05) is 12.1 Å². The molecule has 7 nitrogen and oxygen atoms in total. The van der Waals surface area contributed by atoms with Crippen LogP contribution in [0, 0.1) is 0 Å². The number of benzene rings is 1. The van der Waals surface area contributed by atoms with Crippen molar-refractivity contribution in [1.82, 2.24) is 0 Å². The lowest BCUT2D eigenvalue weighted by Crippen LogP contribution is -2.31. The second-order valence-electron chi connectivity index (χ2n) is 3.86. The monoisotopic (exact) mass is 288 g/mol. The average molecular weight is 288 g/mol. The molecule has 0 saturated carbocycles. The van der Waals surface area contributed by atoms with Crippen molar-refractivity contribution in [3.05, 3.63) is 24.3 Å². The maximum Gasteiger partial charge on any atom is 0.326 e. The molecule has 8 heteroatoms. The van der Waals surface area contributed by atoms with E-state index in [1.54, 1.807) is 6.07 Å². The van der Waals surface area contributed by atoms with Crippen LogP contribution in [0.1, 0.15) is 6.42 Å². The molecule has 0 saturated heterocycles. The largest absolute Gasteiger partial charge is 0.480 e. The third-order valence-electron chi connectivity index (χ3n) is 2.43. The van der Waals surface area contributed by atoms with Crippen LogP contribution >= 0.6 is 0 Å². The number of hydrogen-bond donors (Lipinski definition) is 3. The Morgan fingerprint density at radius 1 is 1.47 bits per heavy atom. The highest BCUT2D eigenvalue weighted by Crippen LogP contribution is 2.20. The van der Waals surface area contributed by atoms with Gasteiger partial charge in [0.05, 0.1) is 5.69 Å². The normalized spacial score (nSPS) is 12.9. The Balaban J connectivity index is 3.00. The van der Waals surface area contributed by atoms with E-state index in [4.69, 9.17) is 15.0 Å². The van der Waals surface area contributed by atoms with Gasteiger partial charge in [-0.3, -0.25) is 0 Å². The number of nitrogens with one attached hydrogen (secondary N) is 1. The number of rotatable bonds is 7. The summed E-state index contributed by atoms with van der Waals surface area (Å²) in [6.07, 6.45) is 0.199. The highest BCUT2D eigenvalue weighted by Gasteiger charge is 2.20. The predicted molar refractivity (Wildman–Crippen MR) is 69.4 cm³/mol. The number of carboxylic acid groups (broad SMARTS) is 1. The summed E-state index contributed by atoms with van der Waals surface area (Å²) in [5, 5.41) is 16.8. The van der Waals surface area contributed by atoms with Crippen LogP contribution in [0.5, 0.6) is 0 Å². The minimum atomic E-state index is -3.91. The van der Waals surface area contributed by atoms with Crippen LogP contribution in [0.25, 0.3) is 0 Å². The number of carbonyl (C=O) groups is 1. The third-order valence-corrected chi connectivity index (χ3v) is 3.40. The summed E-state index contributed by atoms with van der Waals surface area (Å²) in [5.41, 5.74) is 0.161. The summed E-state index contributed by atoms with van der Waals surface area (Å²) in [4.78, 5) is 10.9. The van der Waals surface area contributed by atoms with Crippen molar-refractivity contribution < 1.29 is 23.1 Å². The summed E-state index contributed by atoms with van der Waals surface area (Å²) in [7, 11) is -2.46. The van der Waals surface area contributed by atoms with Crippen molar-refractivity contribution in [3.63, 3.8) is 0 Å². The van der Waals surface area contributed by atoms with Crippen molar-refractivity contribution in [2.75, 3.05) is 19.0 Å². The number of ether oxygens (including phenoxy) is 1. The zero-order chi connectivity index (χ0) is 14.5. The molecular weight excluding hydrogens is 272 g/mol. The van der Waals surface area contributed by atoms with Gasteiger partial charge in [0.2, 0.25) is 10.0 Å². The van der Waals surface area contributed by atoms with Crippen molar-refractivity contribution in [2.45, 2.75) is 17.4 Å². The molecule has 0 spiro atoms. The molecule has 0 radical (unpaired) electrons. The fourth-order valence-electron chi connectivity index (χ4n) is 1.51. The van der Waals surface area contributed by atoms with E-state index in [1.165, 1.54) is 25.3 Å². The zero-order valence-electron chi connectivity index (χ0n) is 10.4. The minimum Gasteiger partial charge on any atom is -0.480 e. The van der Waals surface area contributed by atoms with Gasteiger partial charge in [-0.15, -0.1) is 0 Å². The Morgan fingerprint density at radius 3 is 2.63 bits per heavy atom. The van der Waals surface area contributed by atoms with E-state index >= 15 is 0 Å². The second kappa shape index (κ2) is 6.50. The molecule has 0 aromatic heterocycles. The summed E-state index contributed by atoms with van der Waals surface area (Å²) >= 11 is 0. The van der Waals surface area contributed by atoms with Crippen LogP contribution in [0.4, 0.5) is 5.69 Å². The molecular formula is C11H16N2O5S. The smallest absolute Gasteiger partial charge is 0.326 e. The van der Waals surface area contributed by atoms with E-state index in [0.29, 0.717) is 0 Å². The average Bonchev–Trinajstić information content (AvgIpc) is 2.33. The fraction of sp³-hybridized carbons (Fsp3) is 0.364. The Bertz CT molecular complexity index is 544. The number of primary sulfonamides is 1. The predicted octanol–water partition coefficient (Wildman–Crippen LogP) is 0.236. The molecule has 0 aliphatic carbocycles. The molecule has 0 amide bonds. The molecule has 1 atom stereocenters. The minimum absolute atomic E-state index is 0.140. The van der Waals surface area contributed by atoms with Gasteiger partial charge in [0.25, 0.3) is 0 Å². The Morgan fingerprint density at radius 2 is 2.11 bits per heavy atom. The molecule has 4 N–H and O–H groups in total. The lowest BCUT2D eigenvalue weighted by atomic mass is 10.2. The highest BCUT2D eigenvalue weighted by atomic mass is 32.2. The van der Waals surface area contributed by atoms with E-state index in [2.05, 4.69) is 5.32 Å². The van der Waals surface area contributed by atoms with Crippen LogP contribution in [0.3, 0.4) is 0 Å². The van der Waals surface area contributed by atoms with Gasteiger partial charge in [0.15, 0.2) is 0 Å². The Hall–Kier alpha value is -1.64. The number of methoxy groups -OCH3 is 1. The van der Waals surface area contributed by atoms with Crippen LogP contribution in [-0.4, -0.2) is 39.3 Å². The second-order valence-corrected chi connectivity index (χ2v) is 5.39. The molecule has 1 aromatic carbocycles. The van der Waals surface area contributed by atoms with E-state index in [-0.39, 0.29) is 23.6 Å². The zero-order valence-corrected chi connectivity index (χ0v) is 11.2. The summed E-state index contributed by atoms with van der Waals surface area (Å²) < 4.78 is 27.6. The van der Waals surface area contributed by atoms with Crippen molar-refractivity contribution in [3.8, 4) is 0 Å². The summed E-state index contributed by atoms with van der Waals surface area (Å²) in [5.74, 6) is -1.10. The molecule has 0 heterocycles. The van der Waals surface area contributed by atoms with E-state index in [0.717, 1.165) is 0 Å². The van der Waals surface area contributed by atoms with Crippen LogP contribution in [0.15, 0.2) is 29.2 Å². The van der Waals surface area contributed by atoms with Gasteiger partial charge >= 0.3 is 5.97 Å². The number of sulfonamides is 1. The lowest BCUT2D eigenvalue weighted by Gasteiger charge is -2.17. The first-order valence-corrected chi connectivity index (χ1v) is 7.01. The number of anilines is 1.